The monoisotopic (exact) mass is 194 g/mol. The fourth-order valence-corrected chi connectivity index (χ4v) is 1.12. The molecule has 0 radical (unpaired) electrons. The Labute approximate surface area is 78.0 Å². The average Bonchev–Trinajstić information content (AvgIpc) is 2.33. The first-order valence-electron chi connectivity index (χ1n) is 3.33. The van der Waals surface area contributed by atoms with Crippen LogP contribution in [0.25, 0.3) is 0 Å². The molecule has 0 fully saturated rings. The number of nitrogens with zero attached hydrogens (tertiary/aromatic N) is 2. The van der Waals surface area contributed by atoms with Gasteiger partial charge in [0.25, 0.3) is 0 Å². The van der Waals surface area contributed by atoms with E-state index in [2.05, 4.69) is 23.4 Å². The normalized spacial score (nSPS) is 9.82. The van der Waals surface area contributed by atoms with E-state index in [0.29, 0.717) is 11.9 Å². The lowest BCUT2D eigenvalue weighted by Crippen LogP contribution is -2.03. The molecule has 0 spiro atoms. The lowest BCUT2D eigenvalue weighted by molar-refractivity contribution is 0.580. The molecule has 0 aliphatic rings. The van der Waals surface area contributed by atoms with Crippen LogP contribution in [-0.4, -0.2) is 9.55 Å². The van der Waals surface area contributed by atoms with E-state index in [-0.39, 0.29) is 12.4 Å². The van der Waals surface area contributed by atoms with E-state index in [1.165, 1.54) is 0 Å². The molecule has 0 aromatic carbocycles. The van der Waals surface area contributed by atoms with Gasteiger partial charge in [-0.05, 0) is 13.8 Å². The highest BCUT2D eigenvalue weighted by molar-refractivity contribution is 6.16. The van der Waals surface area contributed by atoms with Crippen LogP contribution in [0.3, 0.4) is 0 Å². The summed E-state index contributed by atoms with van der Waals surface area (Å²) in [5.41, 5.74) is 0. The largest absolute Gasteiger partial charge is 0.331 e. The summed E-state index contributed by atoms with van der Waals surface area (Å²) in [6, 6.07) is 0.455. The summed E-state index contributed by atoms with van der Waals surface area (Å²) in [6.07, 6.45) is 3.72. The predicted octanol–water partition coefficient (Wildman–Crippen LogP) is 2.62. The molecule has 0 atom stereocenters. The summed E-state index contributed by atoms with van der Waals surface area (Å²) in [5.74, 6) is 1.43. The minimum Gasteiger partial charge on any atom is -0.331 e. The summed E-state index contributed by atoms with van der Waals surface area (Å²) in [4.78, 5) is 4.09. The first kappa shape index (κ1) is 10.8. The number of halogens is 2. The Bertz CT molecular complexity index is 208. The van der Waals surface area contributed by atoms with Crippen LogP contribution in [0.15, 0.2) is 12.4 Å². The maximum Gasteiger partial charge on any atom is 0.123 e. The van der Waals surface area contributed by atoms with E-state index in [1.807, 2.05) is 6.20 Å². The van der Waals surface area contributed by atoms with Crippen LogP contribution in [0.4, 0.5) is 0 Å². The van der Waals surface area contributed by atoms with Gasteiger partial charge in [0, 0.05) is 18.4 Å². The average molecular weight is 195 g/mol. The third-order valence-electron chi connectivity index (χ3n) is 1.42. The quantitative estimate of drug-likeness (QED) is 0.663. The Balaban J connectivity index is 0.000001000. The molecule has 0 amide bonds. The molecule has 0 saturated carbocycles. The molecular weight excluding hydrogens is 183 g/mol. The SMILES string of the molecule is CC(C)n1ccnc1CCl.Cl. The zero-order valence-corrected chi connectivity index (χ0v) is 8.19. The molecule has 0 unspecified atom stereocenters. The van der Waals surface area contributed by atoms with Crippen LogP contribution in [-0.2, 0) is 5.88 Å². The van der Waals surface area contributed by atoms with Crippen LogP contribution in [0, 0.1) is 0 Å². The van der Waals surface area contributed by atoms with Crippen molar-refractivity contribution in [2.24, 2.45) is 0 Å². The number of hydrogen-bond donors (Lipinski definition) is 0. The van der Waals surface area contributed by atoms with Crippen molar-refractivity contribution in [1.82, 2.24) is 9.55 Å². The summed E-state index contributed by atoms with van der Waals surface area (Å²) in [5, 5.41) is 0. The van der Waals surface area contributed by atoms with Gasteiger partial charge < -0.3 is 4.57 Å². The molecule has 0 bridgehead atoms. The molecule has 0 N–H and O–H groups in total. The summed E-state index contributed by atoms with van der Waals surface area (Å²) in [6.45, 7) is 4.22. The van der Waals surface area contributed by atoms with Crippen molar-refractivity contribution in [3.8, 4) is 0 Å². The van der Waals surface area contributed by atoms with Gasteiger partial charge in [0.05, 0.1) is 5.88 Å². The summed E-state index contributed by atoms with van der Waals surface area (Å²) >= 11 is 5.63. The topological polar surface area (TPSA) is 17.8 Å². The zero-order chi connectivity index (χ0) is 7.56. The Morgan fingerprint density at radius 3 is 2.64 bits per heavy atom. The zero-order valence-electron chi connectivity index (χ0n) is 6.62. The Hall–Kier alpha value is -0.210. The standard InChI is InChI=1S/C7H11ClN2.ClH/c1-6(2)10-4-3-9-7(10)5-8;/h3-4,6H,5H2,1-2H3;1H. The number of aromatic nitrogens is 2. The third kappa shape index (κ3) is 2.38. The molecule has 0 aliphatic heterocycles. The van der Waals surface area contributed by atoms with Gasteiger partial charge in [-0.3, -0.25) is 0 Å². The van der Waals surface area contributed by atoms with Crippen molar-refractivity contribution in [3.63, 3.8) is 0 Å². The second-order valence-electron chi connectivity index (χ2n) is 2.48. The first-order chi connectivity index (χ1) is 4.75. The van der Waals surface area contributed by atoms with Crippen molar-refractivity contribution in [3.05, 3.63) is 18.2 Å². The minimum atomic E-state index is 0. The second kappa shape index (κ2) is 4.62. The first-order valence-corrected chi connectivity index (χ1v) is 3.87. The lowest BCUT2D eigenvalue weighted by atomic mass is 10.4. The van der Waals surface area contributed by atoms with Crippen LogP contribution in [0.1, 0.15) is 25.7 Å². The van der Waals surface area contributed by atoms with E-state index in [0.717, 1.165) is 5.82 Å². The molecule has 2 nitrogen and oxygen atoms in total. The summed E-state index contributed by atoms with van der Waals surface area (Å²) in [7, 11) is 0. The lowest BCUT2D eigenvalue weighted by Gasteiger charge is -2.08. The molecular formula is C7H12Cl2N2. The van der Waals surface area contributed by atoms with E-state index < -0.39 is 0 Å². The van der Waals surface area contributed by atoms with Crippen LogP contribution in [0.5, 0.6) is 0 Å². The number of hydrogen-bond acceptors (Lipinski definition) is 1. The van der Waals surface area contributed by atoms with Crippen molar-refractivity contribution in [2.75, 3.05) is 0 Å². The molecule has 0 aliphatic carbocycles. The third-order valence-corrected chi connectivity index (χ3v) is 1.66. The van der Waals surface area contributed by atoms with Crippen molar-refractivity contribution >= 4 is 24.0 Å². The van der Waals surface area contributed by atoms with Gasteiger partial charge in [0.2, 0.25) is 0 Å². The van der Waals surface area contributed by atoms with Crippen molar-refractivity contribution in [1.29, 1.82) is 0 Å². The highest BCUT2D eigenvalue weighted by atomic mass is 35.5. The second-order valence-corrected chi connectivity index (χ2v) is 2.75. The van der Waals surface area contributed by atoms with Gasteiger partial charge in [-0.1, -0.05) is 0 Å². The number of imidazole rings is 1. The smallest absolute Gasteiger partial charge is 0.123 e. The van der Waals surface area contributed by atoms with Gasteiger partial charge in [-0.2, -0.15) is 0 Å². The molecule has 1 heterocycles. The molecule has 1 rings (SSSR count). The maximum absolute atomic E-state index is 5.63. The van der Waals surface area contributed by atoms with Gasteiger partial charge in [0.15, 0.2) is 0 Å². The number of rotatable bonds is 2. The predicted molar refractivity (Wildman–Crippen MR) is 49.4 cm³/mol. The molecule has 1 aromatic heterocycles. The highest BCUT2D eigenvalue weighted by Gasteiger charge is 2.02. The highest BCUT2D eigenvalue weighted by Crippen LogP contribution is 2.09. The van der Waals surface area contributed by atoms with E-state index in [9.17, 15) is 0 Å². The van der Waals surface area contributed by atoms with Gasteiger partial charge in [0.1, 0.15) is 5.82 Å². The molecule has 11 heavy (non-hydrogen) atoms. The Kier molecular flexibility index (Phi) is 4.54. The van der Waals surface area contributed by atoms with E-state index in [1.54, 1.807) is 6.20 Å². The van der Waals surface area contributed by atoms with E-state index in [4.69, 9.17) is 11.6 Å². The maximum atomic E-state index is 5.63. The van der Waals surface area contributed by atoms with Crippen molar-refractivity contribution < 1.29 is 0 Å². The fourth-order valence-electron chi connectivity index (χ4n) is 0.918. The van der Waals surface area contributed by atoms with Crippen LogP contribution >= 0.6 is 24.0 Å². The Morgan fingerprint density at radius 2 is 2.27 bits per heavy atom. The van der Waals surface area contributed by atoms with Gasteiger partial charge in [-0.15, -0.1) is 24.0 Å². The molecule has 4 heteroatoms. The molecule has 64 valence electrons. The van der Waals surface area contributed by atoms with E-state index >= 15 is 0 Å². The van der Waals surface area contributed by atoms with Crippen LogP contribution in [0.2, 0.25) is 0 Å². The van der Waals surface area contributed by atoms with Crippen molar-refractivity contribution in [2.45, 2.75) is 25.8 Å². The Morgan fingerprint density at radius 1 is 1.64 bits per heavy atom. The molecule has 0 saturated heterocycles. The summed E-state index contributed by atoms with van der Waals surface area (Å²) < 4.78 is 2.06. The fraction of sp³-hybridized carbons (Fsp3) is 0.571. The minimum absolute atomic E-state index is 0. The number of alkyl halides is 1. The van der Waals surface area contributed by atoms with Crippen LogP contribution < -0.4 is 0 Å². The molecule has 1 aromatic rings. The van der Waals surface area contributed by atoms with Gasteiger partial charge in [-0.25, -0.2) is 4.98 Å². The van der Waals surface area contributed by atoms with Gasteiger partial charge >= 0.3 is 0 Å².